The molecule has 1 fully saturated rings. The molecule has 2 rings (SSSR count). The number of hydrogen-bond acceptors (Lipinski definition) is 6. The van der Waals surface area contributed by atoms with Gasteiger partial charge in [-0.15, -0.1) is 10.2 Å². The molecule has 2 heterocycles. The molecule has 6 nitrogen and oxygen atoms in total. The van der Waals surface area contributed by atoms with Gasteiger partial charge in [0.1, 0.15) is 5.01 Å². The first-order chi connectivity index (χ1) is 10.1. The molecular formula is C14H21N5OS. The number of amides is 1. The van der Waals surface area contributed by atoms with Crippen LogP contribution in [0.5, 0.6) is 0 Å². The van der Waals surface area contributed by atoms with Crippen LogP contribution in [0.1, 0.15) is 44.0 Å². The second-order valence-corrected chi connectivity index (χ2v) is 6.65. The minimum absolute atomic E-state index is 0.0168. The average Bonchev–Trinajstić information content (AvgIpc) is 2.94. The van der Waals surface area contributed by atoms with E-state index in [0.29, 0.717) is 17.5 Å². The van der Waals surface area contributed by atoms with E-state index in [0.717, 1.165) is 37.5 Å². The van der Waals surface area contributed by atoms with Crippen molar-refractivity contribution in [3.63, 3.8) is 0 Å². The highest BCUT2D eigenvalue weighted by molar-refractivity contribution is 7.15. The van der Waals surface area contributed by atoms with E-state index >= 15 is 0 Å². The molecule has 114 valence electrons. The summed E-state index contributed by atoms with van der Waals surface area (Å²) in [6.45, 7) is 6.56. The monoisotopic (exact) mass is 307 g/mol. The Morgan fingerprint density at radius 1 is 1.57 bits per heavy atom. The molecule has 0 aromatic carbocycles. The van der Waals surface area contributed by atoms with Gasteiger partial charge in [-0.1, -0.05) is 25.2 Å². The number of piperidine rings is 1. The fraction of sp³-hybridized carbons (Fsp3) is 0.714. The first-order valence-corrected chi connectivity index (χ1v) is 8.15. The van der Waals surface area contributed by atoms with Crippen LogP contribution in [0, 0.1) is 17.2 Å². The Kier molecular flexibility index (Phi) is 5.65. The summed E-state index contributed by atoms with van der Waals surface area (Å²) in [5.41, 5.74) is 0. The van der Waals surface area contributed by atoms with Crippen molar-refractivity contribution in [2.24, 2.45) is 5.92 Å². The summed E-state index contributed by atoms with van der Waals surface area (Å²) in [4.78, 5) is 14.5. The van der Waals surface area contributed by atoms with E-state index in [1.54, 1.807) is 0 Å². The molecule has 1 saturated heterocycles. The van der Waals surface area contributed by atoms with Crippen LogP contribution < -0.4 is 5.32 Å². The number of aromatic nitrogens is 2. The van der Waals surface area contributed by atoms with Gasteiger partial charge in [0.05, 0.1) is 12.0 Å². The Bertz CT molecular complexity index is 522. The van der Waals surface area contributed by atoms with Crippen LogP contribution in [0.15, 0.2) is 0 Å². The van der Waals surface area contributed by atoms with Crippen molar-refractivity contribution in [2.75, 3.05) is 25.0 Å². The smallest absolute Gasteiger partial charge is 0.230 e. The first kappa shape index (κ1) is 15.9. The van der Waals surface area contributed by atoms with Crippen molar-refractivity contribution in [2.45, 2.75) is 39.0 Å². The Morgan fingerprint density at radius 2 is 2.38 bits per heavy atom. The predicted octanol–water partition coefficient (Wildman–Crippen LogP) is 2.23. The quantitative estimate of drug-likeness (QED) is 0.902. The largest absolute Gasteiger partial charge is 0.302 e. The lowest BCUT2D eigenvalue weighted by atomic mass is 9.97. The van der Waals surface area contributed by atoms with Crippen LogP contribution in [-0.2, 0) is 4.79 Å². The zero-order valence-corrected chi connectivity index (χ0v) is 13.3. The molecule has 1 N–H and O–H groups in total. The number of anilines is 1. The molecule has 7 heteroatoms. The van der Waals surface area contributed by atoms with Crippen molar-refractivity contribution < 1.29 is 4.79 Å². The van der Waals surface area contributed by atoms with Crippen LogP contribution in [0.2, 0.25) is 0 Å². The van der Waals surface area contributed by atoms with Crippen LogP contribution in [0.25, 0.3) is 0 Å². The van der Waals surface area contributed by atoms with Gasteiger partial charge < -0.3 is 10.2 Å². The van der Waals surface area contributed by atoms with Crippen molar-refractivity contribution in [3.05, 3.63) is 5.01 Å². The number of nitrogens with one attached hydrogen (secondary N) is 1. The summed E-state index contributed by atoms with van der Waals surface area (Å²) in [5, 5.41) is 21.1. The molecule has 0 saturated carbocycles. The third-order valence-corrected chi connectivity index (χ3v) is 4.72. The highest BCUT2D eigenvalue weighted by Crippen LogP contribution is 2.24. The van der Waals surface area contributed by atoms with E-state index in [1.807, 2.05) is 0 Å². The maximum Gasteiger partial charge on any atom is 0.230 e. The van der Waals surface area contributed by atoms with Gasteiger partial charge in [-0.05, 0) is 19.4 Å². The highest BCUT2D eigenvalue weighted by Gasteiger charge is 2.26. The SMILES string of the molecule is CC(C)c1nnc(NC(=O)C2CCCN(CCC#N)C2)s1. The van der Waals surface area contributed by atoms with Crippen LogP contribution in [-0.4, -0.2) is 40.6 Å². The van der Waals surface area contributed by atoms with Gasteiger partial charge >= 0.3 is 0 Å². The lowest BCUT2D eigenvalue weighted by Crippen LogP contribution is -2.41. The zero-order valence-electron chi connectivity index (χ0n) is 12.5. The molecule has 1 aromatic rings. The summed E-state index contributed by atoms with van der Waals surface area (Å²) in [5.74, 6) is 0.316. The van der Waals surface area contributed by atoms with E-state index in [2.05, 4.69) is 40.3 Å². The highest BCUT2D eigenvalue weighted by atomic mass is 32.1. The normalized spacial score (nSPS) is 19.4. The van der Waals surface area contributed by atoms with Gasteiger partial charge in [0.25, 0.3) is 0 Å². The lowest BCUT2D eigenvalue weighted by molar-refractivity contribution is -0.121. The number of carbonyl (C=O) groups is 1. The summed E-state index contributed by atoms with van der Waals surface area (Å²) >= 11 is 1.44. The molecular weight excluding hydrogens is 286 g/mol. The number of likely N-dealkylation sites (tertiary alicyclic amines) is 1. The molecule has 1 aliphatic rings. The number of rotatable bonds is 5. The fourth-order valence-electron chi connectivity index (χ4n) is 2.41. The van der Waals surface area contributed by atoms with E-state index in [9.17, 15) is 4.79 Å². The first-order valence-electron chi connectivity index (χ1n) is 7.33. The second-order valence-electron chi connectivity index (χ2n) is 5.64. The van der Waals surface area contributed by atoms with Gasteiger partial charge in [0, 0.05) is 25.4 Å². The topological polar surface area (TPSA) is 81.9 Å². The third kappa shape index (κ3) is 4.48. The Hall–Kier alpha value is -1.52. The zero-order chi connectivity index (χ0) is 15.2. The van der Waals surface area contributed by atoms with E-state index < -0.39 is 0 Å². The van der Waals surface area contributed by atoms with E-state index in [-0.39, 0.29) is 11.8 Å². The molecule has 1 unspecified atom stereocenters. The average molecular weight is 307 g/mol. The molecule has 1 amide bonds. The Balaban J connectivity index is 1.88. The van der Waals surface area contributed by atoms with Gasteiger partial charge in [-0.3, -0.25) is 4.79 Å². The summed E-state index contributed by atoms with van der Waals surface area (Å²) < 4.78 is 0. The molecule has 21 heavy (non-hydrogen) atoms. The Labute approximate surface area is 129 Å². The van der Waals surface area contributed by atoms with Crippen molar-refractivity contribution in [1.82, 2.24) is 15.1 Å². The summed E-state index contributed by atoms with van der Waals surface area (Å²) in [7, 11) is 0. The van der Waals surface area contributed by atoms with Crippen molar-refractivity contribution in [1.29, 1.82) is 5.26 Å². The maximum atomic E-state index is 12.3. The molecule has 0 aliphatic carbocycles. The van der Waals surface area contributed by atoms with Gasteiger partial charge in [0.2, 0.25) is 11.0 Å². The van der Waals surface area contributed by atoms with Crippen molar-refractivity contribution in [3.8, 4) is 6.07 Å². The van der Waals surface area contributed by atoms with Gasteiger partial charge in [-0.2, -0.15) is 5.26 Å². The van der Waals surface area contributed by atoms with E-state index in [1.165, 1.54) is 11.3 Å². The minimum atomic E-state index is -0.0242. The molecule has 0 spiro atoms. The summed E-state index contributed by atoms with van der Waals surface area (Å²) in [6, 6.07) is 2.15. The number of carbonyl (C=O) groups excluding carboxylic acids is 1. The number of nitrogens with zero attached hydrogens (tertiary/aromatic N) is 4. The van der Waals surface area contributed by atoms with Gasteiger partial charge in [0.15, 0.2) is 0 Å². The number of nitriles is 1. The minimum Gasteiger partial charge on any atom is -0.302 e. The number of hydrogen-bond donors (Lipinski definition) is 1. The Morgan fingerprint density at radius 3 is 3.05 bits per heavy atom. The molecule has 0 bridgehead atoms. The van der Waals surface area contributed by atoms with E-state index in [4.69, 9.17) is 5.26 Å². The molecule has 1 atom stereocenters. The van der Waals surface area contributed by atoms with Gasteiger partial charge in [-0.25, -0.2) is 0 Å². The van der Waals surface area contributed by atoms with Crippen LogP contribution >= 0.6 is 11.3 Å². The van der Waals surface area contributed by atoms with Crippen LogP contribution in [0.4, 0.5) is 5.13 Å². The van der Waals surface area contributed by atoms with Crippen LogP contribution in [0.3, 0.4) is 0 Å². The fourth-order valence-corrected chi connectivity index (χ4v) is 3.16. The maximum absolute atomic E-state index is 12.3. The molecule has 1 aliphatic heterocycles. The summed E-state index contributed by atoms with van der Waals surface area (Å²) in [6.07, 6.45) is 2.41. The third-order valence-electron chi connectivity index (χ3n) is 3.58. The lowest BCUT2D eigenvalue weighted by Gasteiger charge is -2.31. The molecule has 1 aromatic heterocycles. The van der Waals surface area contributed by atoms with Crippen molar-refractivity contribution >= 4 is 22.4 Å². The standard InChI is InChI=1S/C14H21N5OS/c1-10(2)13-17-18-14(21-13)16-12(20)11-5-3-7-19(9-11)8-4-6-15/h10-11H,3-5,7-9H2,1-2H3,(H,16,18,20). The second kappa shape index (κ2) is 7.48. The molecule has 0 radical (unpaired) electrons. The predicted molar refractivity (Wildman–Crippen MR) is 82.0 cm³/mol.